The molecule has 7 nitrogen and oxygen atoms in total. The number of hydrogen-bond donors (Lipinski definition) is 1. The van der Waals surface area contributed by atoms with E-state index in [1.54, 1.807) is 19.1 Å². The number of aromatic nitrogens is 1. The van der Waals surface area contributed by atoms with Crippen molar-refractivity contribution >= 4 is 23.3 Å². The van der Waals surface area contributed by atoms with Crippen molar-refractivity contribution in [3.63, 3.8) is 0 Å². The van der Waals surface area contributed by atoms with Crippen LogP contribution < -0.4 is 10.1 Å². The predicted molar refractivity (Wildman–Crippen MR) is 102 cm³/mol. The van der Waals surface area contributed by atoms with Gasteiger partial charge in [-0.1, -0.05) is 0 Å². The maximum atomic E-state index is 12.7. The fraction of sp³-hybridized carbons (Fsp3) is 0.381. The molecule has 2 aliphatic rings. The monoisotopic (exact) mass is 382 g/mol. The van der Waals surface area contributed by atoms with E-state index < -0.39 is 12.1 Å². The Morgan fingerprint density at radius 2 is 2.00 bits per heavy atom. The van der Waals surface area contributed by atoms with Gasteiger partial charge in [0.25, 0.3) is 5.91 Å². The summed E-state index contributed by atoms with van der Waals surface area (Å²) in [7, 11) is 0. The second kappa shape index (κ2) is 6.82. The minimum absolute atomic E-state index is 0.0480. The molecule has 0 saturated heterocycles. The number of ketones is 1. The fourth-order valence-electron chi connectivity index (χ4n) is 3.63. The number of nitrogens with zero attached hydrogens (tertiary/aromatic N) is 1. The summed E-state index contributed by atoms with van der Waals surface area (Å²) in [6.45, 7) is 5.38. The Hall–Kier alpha value is -3.09. The van der Waals surface area contributed by atoms with E-state index in [4.69, 9.17) is 9.47 Å². The molecule has 2 aromatic rings. The van der Waals surface area contributed by atoms with Gasteiger partial charge in [-0.15, -0.1) is 0 Å². The van der Waals surface area contributed by atoms with Crippen molar-refractivity contribution in [1.82, 2.24) is 4.57 Å². The van der Waals surface area contributed by atoms with E-state index in [2.05, 4.69) is 9.88 Å². The maximum Gasteiger partial charge on any atom is 0.340 e. The van der Waals surface area contributed by atoms with E-state index in [9.17, 15) is 14.4 Å². The van der Waals surface area contributed by atoms with Crippen molar-refractivity contribution in [2.24, 2.45) is 0 Å². The van der Waals surface area contributed by atoms with Gasteiger partial charge in [-0.2, -0.15) is 0 Å². The average Bonchev–Trinajstić information content (AvgIpc) is 3.44. The zero-order chi connectivity index (χ0) is 20.0. The molecule has 0 radical (unpaired) electrons. The number of carbonyl (C=O) groups is 3. The lowest BCUT2D eigenvalue weighted by atomic mass is 10.1. The van der Waals surface area contributed by atoms with Crippen molar-refractivity contribution < 1.29 is 23.9 Å². The van der Waals surface area contributed by atoms with E-state index in [1.165, 1.54) is 6.07 Å². The minimum Gasteiger partial charge on any atom is -0.482 e. The van der Waals surface area contributed by atoms with Crippen LogP contribution in [-0.4, -0.2) is 34.9 Å². The van der Waals surface area contributed by atoms with Crippen molar-refractivity contribution in [1.29, 1.82) is 0 Å². The Kier molecular flexibility index (Phi) is 4.45. The Morgan fingerprint density at radius 3 is 2.71 bits per heavy atom. The van der Waals surface area contributed by atoms with Crippen LogP contribution in [-0.2, 0) is 9.53 Å². The van der Waals surface area contributed by atoms with Gasteiger partial charge in [0.05, 0.1) is 11.3 Å². The first-order chi connectivity index (χ1) is 13.3. The van der Waals surface area contributed by atoms with Gasteiger partial charge in [-0.3, -0.25) is 9.59 Å². The Morgan fingerprint density at radius 1 is 1.25 bits per heavy atom. The smallest absolute Gasteiger partial charge is 0.340 e. The molecule has 1 aromatic heterocycles. The second-order valence-electron chi connectivity index (χ2n) is 7.35. The summed E-state index contributed by atoms with van der Waals surface area (Å²) < 4.78 is 12.9. The number of carbonyl (C=O) groups excluding carboxylic acids is 3. The van der Waals surface area contributed by atoms with Gasteiger partial charge in [-0.05, 0) is 57.9 Å². The number of ether oxygens (including phenoxy) is 2. The summed E-state index contributed by atoms with van der Waals surface area (Å²) in [5.41, 5.74) is 3.17. The van der Waals surface area contributed by atoms with Crippen LogP contribution in [0.1, 0.15) is 57.9 Å². The number of benzene rings is 1. The lowest BCUT2D eigenvalue weighted by Gasteiger charge is -2.19. The molecular weight excluding hydrogens is 360 g/mol. The van der Waals surface area contributed by atoms with Crippen molar-refractivity contribution in [3.05, 3.63) is 46.8 Å². The van der Waals surface area contributed by atoms with Gasteiger partial charge in [0.15, 0.2) is 12.7 Å². The van der Waals surface area contributed by atoms with Gasteiger partial charge in [-0.25, -0.2) is 4.79 Å². The number of aryl methyl sites for hydroxylation is 1. The van der Waals surface area contributed by atoms with Crippen LogP contribution in [0.2, 0.25) is 0 Å². The van der Waals surface area contributed by atoms with Crippen LogP contribution in [0.5, 0.6) is 5.75 Å². The van der Waals surface area contributed by atoms with Crippen LogP contribution in [0.25, 0.3) is 0 Å². The third-order valence-electron chi connectivity index (χ3n) is 5.17. The summed E-state index contributed by atoms with van der Waals surface area (Å²) in [4.78, 5) is 36.8. The molecule has 1 aromatic carbocycles. The van der Waals surface area contributed by atoms with Crippen LogP contribution in [0.3, 0.4) is 0 Å². The molecule has 1 aliphatic carbocycles. The highest BCUT2D eigenvalue weighted by Crippen LogP contribution is 2.38. The number of esters is 1. The molecule has 1 aliphatic heterocycles. The van der Waals surface area contributed by atoms with Gasteiger partial charge in [0, 0.05) is 23.0 Å². The number of amides is 1. The SMILES string of the molecule is Cc1cc(C(=O)O[C@H](C)C(=O)c2ccc3c(c2)NC(=O)CO3)c(C)n1C1CC1. The Bertz CT molecular complexity index is 987. The fourth-order valence-corrected chi connectivity index (χ4v) is 3.63. The van der Waals surface area contributed by atoms with Crippen LogP contribution in [0, 0.1) is 13.8 Å². The molecule has 0 unspecified atom stereocenters. The lowest BCUT2D eigenvalue weighted by Crippen LogP contribution is -2.27. The van der Waals surface area contributed by atoms with E-state index in [1.807, 2.05) is 19.9 Å². The maximum absolute atomic E-state index is 12.7. The number of rotatable bonds is 5. The number of nitrogens with one attached hydrogen (secondary N) is 1. The third kappa shape index (κ3) is 3.28. The standard InChI is InChI=1S/C21H22N2O5/c1-11-8-16(12(2)23(11)15-5-6-15)21(26)28-13(3)20(25)14-4-7-18-17(9-14)22-19(24)10-27-18/h4,7-9,13,15H,5-6,10H2,1-3H3,(H,22,24)/t13-/m1/s1. The number of Topliss-reactive ketones (excluding diaryl/α,β-unsaturated/α-hetero) is 1. The summed E-state index contributed by atoms with van der Waals surface area (Å²) in [6, 6.07) is 7.05. The molecule has 7 heteroatoms. The van der Waals surface area contributed by atoms with Crippen LogP contribution in [0.15, 0.2) is 24.3 Å². The molecule has 1 saturated carbocycles. The summed E-state index contributed by atoms with van der Waals surface area (Å²) in [5.74, 6) is -0.613. The van der Waals surface area contributed by atoms with E-state index >= 15 is 0 Å². The van der Waals surface area contributed by atoms with Gasteiger partial charge in [0.1, 0.15) is 5.75 Å². The lowest BCUT2D eigenvalue weighted by molar-refractivity contribution is -0.118. The Balaban J connectivity index is 1.49. The minimum atomic E-state index is -0.949. The predicted octanol–water partition coefficient (Wildman–Crippen LogP) is 3.20. The second-order valence-corrected chi connectivity index (χ2v) is 7.35. The number of hydrogen-bond acceptors (Lipinski definition) is 5. The quantitative estimate of drug-likeness (QED) is 0.634. The summed E-state index contributed by atoms with van der Waals surface area (Å²) >= 11 is 0. The van der Waals surface area contributed by atoms with Crippen molar-refractivity contribution in [2.45, 2.75) is 45.8 Å². The number of anilines is 1. The molecular formula is C21H22N2O5. The highest BCUT2D eigenvalue weighted by Gasteiger charge is 2.30. The molecule has 146 valence electrons. The molecule has 1 amide bonds. The van der Waals surface area contributed by atoms with Gasteiger partial charge < -0.3 is 19.4 Å². The molecule has 0 spiro atoms. The molecule has 0 bridgehead atoms. The topological polar surface area (TPSA) is 86.6 Å². The first kappa shape index (κ1) is 18.3. The van der Waals surface area contributed by atoms with Crippen LogP contribution >= 0.6 is 0 Å². The average molecular weight is 382 g/mol. The molecule has 2 heterocycles. The first-order valence-electron chi connectivity index (χ1n) is 9.35. The normalized spacial score (nSPS) is 16.6. The molecule has 4 rings (SSSR count). The van der Waals surface area contributed by atoms with E-state index in [0.29, 0.717) is 28.6 Å². The van der Waals surface area contributed by atoms with Crippen LogP contribution in [0.4, 0.5) is 5.69 Å². The largest absolute Gasteiger partial charge is 0.482 e. The van der Waals surface area contributed by atoms with Gasteiger partial charge >= 0.3 is 5.97 Å². The highest BCUT2D eigenvalue weighted by molar-refractivity contribution is 6.04. The third-order valence-corrected chi connectivity index (χ3v) is 5.17. The zero-order valence-electron chi connectivity index (χ0n) is 16.1. The summed E-state index contributed by atoms with van der Waals surface area (Å²) in [6.07, 6.45) is 1.30. The first-order valence-corrected chi connectivity index (χ1v) is 9.35. The molecule has 1 fully saturated rings. The Labute approximate surface area is 162 Å². The number of fused-ring (bicyclic) bond motifs is 1. The zero-order valence-corrected chi connectivity index (χ0v) is 16.1. The van der Waals surface area contributed by atoms with E-state index in [0.717, 1.165) is 24.2 Å². The van der Waals surface area contributed by atoms with E-state index in [-0.39, 0.29) is 18.3 Å². The van der Waals surface area contributed by atoms with Crippen molar-refractivity contribution in [2.75, 3.05) is 11.9 Å². The highest BCUT2D eigenvalue weighted by atomic mass is 16.5. The van der Waals surface area contributed by atoms with Crippen molar-refractivity contribution in [3.8, 4) is 5.75 Å². The summed E-state index contributed by atoms with van der Waals surface area (Å²) in [5, 5.41) is 2.67. The molecule has 1 N–H and O–H groups in total. The molecule has 28 heavy (non-hydrogen) atoms. The molecule has 1 atom stereocenters. The van der Waals surface area contributed by atoms with Gasteiger partial charge in [0.2, 0.25) is 5.78 Å².